The van der Waals surface area contributed by atoms with E-state index in [2.05, 4.69) is 0 Å². The molecule has 0 spiro atoms. The highest BCUT2D eigenvalue weighted by atomic mass is 16.7. The van der Waals surface area contributed by atoms with Crippen molar-refractivity contribution in [3.05, 3.63) is 0 Å². The van der Waals surface area contributed by atoms with E-state index in [4.69, 9.17) is 10.6 Å². The van der Waals surface area contributed by atoms with Gasteiger partial charge in [0.05, 0.1) is 12.0 Å². The quantitative estimate of drug-likeness (QED) is 0.767. The number of carbonyl (C=O) groups excluding carboxylic acids is 1. The second-order valence-corrected chi connectivity index (χ2v) is 4.14. The Labute approximate surface area is 91.7 Å². The number of hydrogen-bond acceptors (Lipinski definition) is 3. The molecule has 0 radical (unpaired) electrons. The van der Waals surface area contributed by atoms with Crippen molar-refractivity contribution in [1.82, 2.24) is 5.06 Å². The molecule has 1 heterocycles. The van der Waals surface area contributed by atoms with E-state index >= 15 is 0 Å². The maximum absolute atomic E-state index is 12.2. The van der Waals surface area contributed by atoms with Gasteiger partial charge in [-0.2, -0.15) is 0 Å². The van der Waals surface area contributed by atoms with Crippen LogP contribution in [0.15, 0.2) is 0 Å². The van der Waals surface area contributed by atoms with E-state index in [1.54, 1.807) is 0 Å². The number of amides is 1. The normalized spacial score (nSPS) is 17.9. The molecule has 1 aliphatic rings. The fourth-order valence-corrected chi connectivity index (χ4v) is 1.95. The maximum Gasteiger partial charge on any atom is 0.253 e. The van der Waals surface area contributed by atoms with Gasteiger partial charge in [0, 0.05) is 13.1 Å². The highest BCUT2D eigenvalue weighted by molar-refractivity contribution is 5.82. The molecular formula is C11H22N2O2. The van der Waals surface area contributed by atoms with Crippen LogP contribution in [0.25, 0.3) is 0 Å². The third kappa shape index (κ3) is 2.49. The van der Waals surface area contributed by atoms with Gasteiger partial charge in [-0.1, -0.05) is 13.8 Å². The van der Waals surface area contributed by atoms with Gasteiger partial charge in [0.25, 0.3) is 5.91 Å². The van der Waals surface area contributed by atoms with Gasteiger partial charge >= 0.3 is 0 Å². The van der Waals surface area contributed by atoms with Crippen LogP contribution < -0.4 is 5.73 Å². The number of rotatable bonds is 4. The Balaban J connectivity index is 2.70. The minimum Gasteiger partial charge on any atom is -0.329 e. The highest BCUT2D eigenvalue weighted by Crippen LogP contribution is 2.28. The Bertz CT molecular complexity index is 200. The van der Waals surface area contributed by atoms with Gasteiger partial charge in [-0.15, -0.1) is 0 Å². The van der Waals surface area contributed by atoms with E-state index in [9.17, 15) is 4.79 Å². The van der Waals surface area contributed by atoms with Crippen LogP contribution in [0.5, 0.6) is 0 Å². The number of hydroxylamine groups is 2. The lowest BCUT2D eigenvalue weighted by Crippen LogP contribution is -2.49. The summed E-state index contributed by atoms with van der Waals surface area (Å²) in [4.78, 5) is 17.6. The van der Waals surface area contributed by atoms with Crippen molar-refractivity contribution in [3.8, 4) is 0 Å². The summed E-state index contributed by atoms with van der Waals surface area (Å²) in [5.41, 5.74) is 5.31. The zero-order chi connectivity index (χ0) is 11.3. The van der Waals surface area contributed by atoms with E-state index in [0.717, 1.165) is 25.7 Å². The van der Waals surface area contributed by atoms with Gasteiger partial charge in [-0.05, 0) is 25.7 Å². The molecule has 0 bridgehead atoms. The van der Waals surface area contributed by atoms with E-state index < -0.39 is 5.41 Å². The first-order valence-electron chi connectivity index (χ1n) is 5.85. The van der Waals surface area contributed by atoms with Crippen LogP contribution >= 0.6 is 0 Å². The summed E-state index contributed by atoms with van der Waals surface area (Å²) in [6.45, 7) is 5.79. The summed E-state index contributed by atoms with van der Waals surface area (Å²) in [5, 5.41) is 1.52. The molecule has 4 heteroatoms. The van der Waals surface area contributed by atoms with Crippen molar-refractivity contribution < 1.29 is 9.63 Å². The van der Waals surface area contributed by atoms with Crippen molar-refractivity contribution in [2.45, 2.75) is 39.5 Å². The molecule has 1 rings (SSSR count). The average Bonchev–Trinajstić information content (AvgIpc) is 2.33. The molecule has 0 atom stereocenters. The second kappa shape index (κ2) is 5.47. The molecule has 0 saturated carbocycles. The molecule has 15 heavy (non-hydrogen) atoms. The lowest BCUT2D eigenvalue weighted by atomic mass is 9.81. The monoisotopic (exact) mass is 214 g/mol. The molecule has 0 aromatic heterocycles. The molecular weight excluding hydrogens is 192 g/mol. The van der Waals surface area contributed by atoms with Crippen LogP contribution in [0.1, 0.15) is 39.5 Å². The molecule has 0 aromatic rings. The maximum atomic E-state index is 12.2. The topological polar surface area (TPSA) is 55.6 Å². The minimum absolute atomic E-state index is 0.0645. The van der Waals surface area contributed by atoms with Crippen molar-refractivity contribution in [2.24, 2.45) is 11.1 Å². The summed E-state index contributed by atoms with van der Waals surface area (Å²) in [6.07, 6.45) is 3.62. The number of hydrogen-bond donors (Lipinski definition) is 1. The van der Waals surface area contributed by atoms with Gasteiger partial charge in [-0.25, -0.2) is 5.06 Å². The van der Waals surface area contributed by atoms with E-state index in [1.165, 1.54) is 5.06 Å². The van der Waals surface area contributed by atoms with Crippen LogP contribution in [-0.4, -0.2) is 30.7 Å². The minimum atomic E-state index is -0.419. The second-order valence-electron chi connectivity index (χ2n) is 4.14. The zero-order valence-electron chi connectivity index (χ0n) is 9.79. The van der Waals surface area contributed by atoms with Crippen molar-refractivity contribution >= 4 is 5.91 Å². The highest BCUT2D eigenvalue weighted by Gasteiger charge is 2.38. The molecule has 2 N–H and O–H groups in total. The van der Waals surface area contributed by atoms with Crippen LogP contribution in [0.2, 0.25) is 0 Å². The van der Waals surface area contributed by atoms with Crippen molar-refractivity contribution in [2.75, 3.05) is 19.7 Å². The fraction of sp³-hybridized carbons (Fsp3) is 0.909. The summed E-state index contributed by atoms with van der Waals surface area (Å²) in [6, 6.07) is 0. The summed E-state index contributed by atoms with van der Waals surface area (Å²) >= 11 is 0. The molecule has 4 nitrogen and oxygen atoms in total. The summed E-state index contributed by atoms with van der Waals surface area (Å²) in [7, 11) is 0. The standard InChI is InChI=1S/C11H22N2O2/c1-3-11(4-2,9-12)10(14)13-7-5-6-8-15-13/h3-9,12H2,1-2H3. The fourth-order valence-electron chi connectivity index (χ4n) is 1.95. The van der Waals surface area contributed by atoms with Crippen LogP contribution in [0, 0.1) is 5.41 Å². The Morgan fingerprint density at radius 3 is 2.47 bits per heavy atom. The van der Waals surface area contributed by atoms with Gasteiger partial charge < -0.3 is 5.73 Å². The average molecular weight is 214 g/mol. The predicted molar refractivity (Wildman–Crippen MR) is 59.0 cm³/mol. The van der Waals surface area contributed by atoms with Crippen LogP contribution in [0.4, 0.5) is 0 Å². The van der Waals surface area contributed by atoms with E-state index in [1.807, 2.05) is 13.8 Å². The zero-order valence-corrected chi connectivity index (χ0v) is 9.79. The van der Waals surface area contributed by atoms with Gasteiger partial charge in [0.15, 0.2) is 0 Å². The molecule has 0 unspecified atom stereocenters. The first-order chi connectivity index (χ1) is 7.20. The van der Waals surface area contributed by atoms with Crippen molar-refractivity contribution in [1.29, 1.82) is 0 Å². The molecule has 1 aliphatic heterocycles. The smallest absolute Gasteiger partial charge is 0.253 e. The lowest BCUT2D eigenvalue weighted by Gasteiger charge is -2.36. The first-order valence-corrected chi connectivity index (χ1v) is 5.85. The molecule has 1 amide bonds. The van der Waals surface area contributed by atoms with Crippen LogP contribution in [-0.2, 0) is 9.63 Å². The van der Waals surface area contributed by atoms with Gasteiger partial charge in [-0.3, -0.25) is 9.63 Å². The SMILES string of the molecule is CCC(CC)(CN)C(=O)N1CCCCO1. The number of nitrogens with two attached hydrogens (primary N) is 1. The largest absolute Gasteiger partial charge is 0.329 e. The summed E-state index contributed by atoms with van der Waals surface area (Å²) in [5.74, 6) is 0.0645. The van der Waals surface area contributed by atoms with E-state index in [-0.39, 0.29) is 5.91 Å². The van der Waals surface area contributed by atoms with Gasteiger partial charge in [0.1, 0.15) is 0 Å². The first kappa shape index (κ1) is 12.5. The molecule has 1 fully saturated rings. The summed E-state index contributed by atoms with van der Waals surface area (Å²) < 4.78 is 0. The Morgan fingerprint density at radius 2 is 2.07 bits per heavy atom. The Hall–Kier alpha value is -0.610. The molecule has 88 valence electrons. The number of nitrogens with zero attached hydrogens (tertiary/aromatic N) is 1. The van der Waals surface area contributed by atoms with Gasteiger partial charge in [0.2, 0.25) is 0 Å². The third-order valence-corrected chi connectivity index (χ3v) is 3.43. The van der Waals surface area contributed by atoms with E-state index in [0.29, 0.717) is 19.7 Å². The third-order valence-electron chi connectivity index (χ3n) is 3.43. The predicted octanol–water partition coefficient (Wildman–Crippen LogP) is 1.31. The molecule has 0 aromatic carbocycles. The lowest BCUT2D eigenvalue weighted by molar-refractivity contribution is -0.207. The Morgan fingerprint density at radius 1 is 1.40 bits per heavy atom. The molecule has 1 saturated heterocycles. The molecule has 0 aliphatic carbocycles. The van der Waals surface area contributed by atoms with Crippen LogP contribution in [0.3, 0.4) is 0 Å². The Kier molecular flexibility index (Phi) is 4.54. The number of carbonyl (C=O) groups is 1. The van der Waals surface area contributed by atoms with Crippen molar-refractivity contribution in [3.63, 3.8) is 0 Å².